The summed E-state index contributed by atoms with van der Waals surface area (Å²) in [6.45, 7) is 2.17. The van der Waals surface area contributed by atoms with Gasteiger partial charge in [-0.1, -0.05) is 50.5 Å². The van der Waals surface area contributed by atoms with E-state index in [-0.39, 0.29) is 6.42 Å². The van der Waals surface area contributed by atoms with Crippen LogP contribution in [0.15, 0.2) is 24.3 Å². The third kappa shape index (κ3) is 12.7. The predicted octanol–water partition coefficient (Wildman–Crippen LogP) is 4.14. The molecule has 0 aliphatic heterocycles. The number of hydrogen-bond acceptors (Lipinski definition) is 4. The Balaban J connectivity index is 4.00. The van der Waals surface area contributed by atoms with E-state index in [4.69, 9.17) is 0 Å². The first-order valence-electron chi connectivity index (χ1n) is 8.60. The second-order valence-corrected chi connectivity index (χ2v) is 5.72. The fourth-order valence-electron chi connectivity index (χ4n) is 2.26. The summed E-state index contributed by atoms with van der Waals surface area (Å²) in [5.41, 5.74) is 0. The van der Waals surface area contributed by atoms with Crippen LogP contribution in [0.2, 0.25) is 0 Å². The van der Waals surface area contributed by atoms with Gasteiger partial charge in [0.2, 0.25) is 6.04 Å². The molecule has 0 aromatic carbocycles. The van der Waals surface area contributed by atoms with Crippen LogP contribution >= 0.6 is 0 Å². The van der Waals surface area contributed by atoms with E-state index in [1.165, 1.54) is 19.3 Å². The fourth-order valence-corrected chi connectivity index (χ4v) is 2.26. The summed E-state index contributed by atoms with van der Waals surface area (Å²) in [5.74, 6) is 0. The lowest BCUT2D eigenvalue weighted by Gasteiger charge is -2.14. The SMILES string of the molecule is CCCCC/C=C\C/C=C\CC(C(O)CCCC[C]=O)[N+](=O)[O-]. The van der Waals surface area contributed by atoms with Gasteiger partial charge in [-0.3, -0.25) is 14.9 Å². The van der Waals surface area contributed by atoms with Crippen molar-refractivity contribution >= 4 is 6.29 Å². The third-order valence-corrected chi connectivity index (χ3v) is 3.70. The van der Waals surface area contributed by atoms with Crippen molar-refractivity contribution in [1.82, 2.24) is 0 Å². The van der Waals surface area contributed by atoms with E-state index >= 15 is 0 Å². The lowest BCUT2D eigenvalue weighted by molar-refractivity contribution is -0.533. The van der Waals surface area contributed by atoms with Gasteiger partial charge in [0.15, 0.2) is 6.29 Å². The second kappa shape index (κ2) is 15.4. The van der Waals surface area contributed by atoms with E-state index in [0.717, 1.165) is 12.8 Å². The standard InChI is InChI=1S/C18H30NO4/c1-2-3-4-5-6-7-8-9-11-14-17(19(22)23)18(21)15-12-10-13-16-20/h6-7,9,11,17-18,21H,2-5,8,10,12-15H2,1H3/b7-6-,11-9-. The van der Waals surface area contributed by atoms with Crippen molar-refractivity contribution in [2.24, 2.45) is 0 Å². The zero-order chi connectivity index (χ0) is 17.3. The molecule has 0 bridgehead atoms. The average Bonchev–Trinajstić information content (AvgIpc) is 2.53. The number of nitro groups is 1. The van der Waals surface area contributed by atoms with Gasteiger partial charge < -0.3 is 5.11 Å². The Morgan fingerprint density at radius 3 is 2.52 bits per heavy atom. The minimum atomic E-state index is -0.972. The lowest BCUT2D eigenvalue weighted by atomic mass is 10.0. The van der Waals surface area contributed by atoms with E-state index in [1.807, 2.05) is 6.08 Å². The van der Waals surface area contributed by atoms with Gasteiger partial charge in [0.05, 0.1) is 0 Å². The average molecular weight is 324 g/mol. The molecule has 0 spiro atoms. The lowest BCUT2D eigenvalue weighted by Crippen LogP contribution is -2.33. The van der Waals surface area contributed by atoms with Crippen molar-refractivity contribution in [2.75, 3.05) is 0 Å². The number of rotatable bonds is 15. The molecule has 5 heteroatoms. The zero-order valence-electron chi connectivity index (χ0n) is 14.2. The Labute approximate surface area is 139 Å². The first kappa shape index (κ1) is 21.5. The molecule has 0 aromatic heterocycles. The van der Waals surface area contributed by atoms with Crippen LogP contribution < -0.4 is 0 Å². The van der Waals surface area contributed by atoms with Gasteiger partial charge in [-0.05, 0) is 32.1 Å². The number of aliphatic hydroxyl groups is 1. The highest BCUT2D eigenvalue weighted by Crippen LogP contribution is 2.12. The summed E-state index contributed by atoms with van der Waals surface area (Å²) in [5, 5.41) is 20.9. The molecular weight excluding hydrogens is 294 g/mol. The molecule has 131 valence electrons. The number of allylic oxidation sites excluding steroid dienone is 3. The van der Waals surface area contributed by atoms with Crippen LogP contribution in [0.5, 0.6) is 0 Å². The maximum absolute atomic E-state index is 11.0. The summed E-state index contributed by atoms with van der Waals surface area (Å²) in [7, 11) is 0. The van der Waals surface area contributed by atoms with Crippen LogP contribution in [-0.4, -0.2) is 28.5 Å². The summed E-state index contributed by atoms with van der Waals surface area (Å²) in [6.07, 6.45) is 16.3. The Hall–Kier alpha value is -1.49. The van der Waals surface area contributed by atoms with Gasteiger partial charge in [0.25, 0.3) is 0 Å². The van der Waals surface area contributed by atoms with E-state index in [1.54, 1.807) is 12.4 Å². The fraction of sp³-hybridized carbons (Fsp3) is 0.722. The molecule has 0 rings (SSSR count). The molecule has 23 heavy (non-hydrogen) atoms. The Kier molecular flexibility index (Phi) is 14.4. The molecule has 0 amide bonds. The molecule has 2 unspecified atom stereocenters. The molecule has 5 nitrogen and oxygen atoms in total. The van der Waals surface area contributed by atoms with Crippen molar-refractivity contribution in [2.45, 2.75) is 83.3 Å². The summed E-state index contributed by atoms with van der Waals surface area (Å²) >= 11 is 0. The number of unbranched alkanes of at least 4 members (excludes halogenated alkanes) is 5. The van der Waals surface area contributed by atoms with Gasteiger partial charge in [-0.25, -0.2) is 0 Å². The van der Waals surface area contributed by atoms with Crippen LogP contribution in [0, 0.1) is 10.1 Å². The maximum Gasteiger partial charge on any atom is 0.241 e. The van der Waals surface area contributed by atoms with Crippen LogP contribution in [0.3, 0.4) is 0 Å². The van der Waals surface area contributed by atoms with E-state index in [0.29, 0.717) is 25.7 Å². The van der Waals surface area contributed by atoms with Crippen molar-refractivity contribution in [1.29, 1.82) is 0 Å². The quantitative estimate of drug-likeness (QED) is 0.212. The number of carbonyl (C=O) groups excluding carboxylic acids is 1. The van der Waals surface area contributed by atoms with Crippen LogP contribution in [0.1, 0.15) is 71.1 Å². The van der Waals surface area contributed by atoms with Crippen molar-refractivity contribution in [3.8, 4) is 0 Å². The Morgan fingerprint density at radius 1 is 1.13 bits per heavy atom. The van der Waals surface area contributed by atoms with Gasteiger partial charge in [0.1, 0.15) is 6.10 Å². The van der Waals surface area contributed by atoms with E-state index < -0.39 is 17.1 Å². The van der Waals surface area contributed by atoms with Crippen LogP contribution in [-0.2, 0) is 4.79 Å². The minimum absolute atomic E-state index is 0.234. The van der Waals surface area contributed by atoms with E-state index in [2.05, 4.69) is 19.1 Å². The Morgan fingerprint density at radius 2 is 1.87 bits per heavy atom. The summed E-state index contributed by atoms with van der Waals surface area (Å²) in [4.78, 5) is 20.7. The minimum Gasteiger partial charge on any atom is -0.386 e. The predicted molar refractivity (Wildman–Crippen MR) is 92.6 cm³/mol. The van der Waals surface area contributed by atoms with Crippen LogP contribution in [0.4, 0.5) is 0 Å². The van der Waals surface area contributed by atoms with Gasteiger partial charge in [-0.15, -0.1) is 0 Å². The number of nitrogens with zero attached hydrogens (tertiary/aromatic N) is 1. The molecule has 1 radical (unpaired) electrons. The molecule has 0 aromatic rings. The van der Waals surface area contributed by atoms with Crippen molar-refractivity contribution in [3.05, 3.63) is 34.4 Å². The van der Waals surface area contributed by atoms with Gasteiger partial charge in [0, 0.05) is 17.8 Å². The smallest absolute Gasteiger partial charge is 0.241 e. The highest BCUT2D eigenvalue weighted by atomic mass is 16.6. The molecule has 0 saturated heterocycles. The summed E-state index contributed by atoms with van der Waals surface area (Å²) < 4.78 is 0. The molecule has 2 atom stereocenters. The molecule has 0 saturated carbocycles. The van der Waals surface area contributed by atoms with E-state index in [9.17, 15) is 20.0 Å². The van der Waals surface area contributed by atoms with Gasteiger partial charge in [-0.2, -0.15) is 0 Å². The first-order valence-corrected chi connectivity index (χ1v) is 8.60. The highest BCUT2D eigenvalue weighted by Gasteiger charge is 2.27. The maximum atomic E-state index is 11.0. The van der Waals surface area contributed by atoms with Crippen LogP contribution in [0.25, 0.3) is 0 Å². The van der Waals surface area contributed by atoms with Crippen molar-refractivity contribution < 1.29 is 14.8 Å². The summed E-state index contributed by atoms with van der Waals surface area (Å²) in [6, 6.07) is -0.972. The highest BCUT2D eigenvalue weighted by molar-refractivity contribution is 5.50. The van der Waals surface area contributed by atoms with Gasteiger partial charge >= 0.3 is 0 Å². The monoisotopic (exact) mass is 324 g/mol. The molecular formula is C18H30NO4. The molecule has 1 N–H and O–H groups in total. The largest absolute Gasteiger partial charge is 0.386 e. The van der Waals surface area contributed by atoms with Crippen molar-refractivity contribution in [3.63, 3.8) is 0 Å². The third-order valence-electron chi connectivity index (χ3n) is 3.70. The number of hydrogen-bond donors (Lipinski definition) is 1. The number of aliphatic hydroxyl groups excluding tert-OH is 1. The topological polar surface area (TPSA) is 80.4 Å². The Bertz CT molecular complexity index is 366. The molecule has 0 aliphatic rings. The first-order chi connectivity index (χ1) is 11.1. The molecule has 0 aliphatic carbocycles. The zero-order valence-corrected chi connectivity index (χ0v) is 14.2. The molecule has 0 fully saturated rings. The normalized spacial score (nSPS) is 14.3. The second-order valence-electron chi connectivity index (χ2n) is 5.72. The molecule has 0 heterocycles.